The van der Waals surface area contributed by atoms with E-state index >= 15 is 0 Å². The predicted molar refractivity (Wildman–Crippen MR) is 103 cm³/mol. The van der Waals surface area contributed by atoms with E-state index in [4.69, 9.17) is 5.73 Å². The van der Waals surface area contributed by atoms with Gasteiger partial charge in [-0.1, -0.05) is 6.92 Å². The molecule has 0 spiro atoms. The molecular weight excluding hydrogens is 396 g/mol. The van der Waals surface area contributed by atoms with Crippen molar-refractivity contribution in [2.24, 2.45) is 11.7 Å². The van der Waals surface area contributed by atoms with Crippen molar-refractivity contribution in [1.29, 1.82) is 0 Å². The van der Waals surface area contributed by atoms with Crippen LogP contribution in [0.25, 0.3) is 5.65 Å². The van der Waals surface area contributed by atoms with E-state index in [1.54, 1.807) is 0 Å². The van der Waals surface area contributed by atoms with E-state index in [0.29, 0.717) is 5.92 Å². The first-order chi connectivity index (χ1) is 14.3. The fourth-order valence-electron chi connectivity index (χ4n) is 3.71. The van der Waals surface area contributed by atoms with Crippen LogP contribution in [0.4, 0.5) is 14.5 Å². The summed E-state index contributed by atoms with van der Waals surface area (Å²) in [6.45, 7) is 2.17. The van der Waals surface area contributed by atoms with Gasteiger partial charge in [0.2, 0.25) is 0 Å². The number of anilines is 1. The number of carbonyl (C=O) groups is 2. The van der Waals surface area contributed by atoms with Gasteiger partial charge in [-0.3, -0.25) is 14.3 Å². The molecule has 4 rings (SSSR count). The third-order valence-electron chi connectivity index (χ3n) is 5.44. The molecule has 3 aromatic heterocycles. The Balaban J connectivity index is 1.62. The summed E-state index contributed by atoms with van der Waals surface area (Å²) < 4.78 is 29.9. The molecule has 158 valence electrons. The molecule has 1 aliphatic rings. The molecule has 1 aliphatic carbocycles. The number of alkyl halides is 2. The molecule has 0 bridgehead atoms. The van der Waals surface area contributed by atoms with E-state index in [-0.39, 0.29) is 28.6 Å². The number of fused-ring (bicyclic) bond motifs is 1. The molecule has 0 aromatic carbocycles. The first-order valence-electron chi connectivity index (χ1n) is 9.66. The molecule has 1 saturated carbocycles. The molecule has 9 nitrogen and oxygen atoms in total. The van der Waals surface area contributed by atoms with Gasteiger partial charge < -0.3 is 11.1 Å². The van der Waals surface area contributed by atoms with Crippen LogP contribution in [-0.4, -0.2) is 36.2 Å². The summed E-state index contributed by atoms with van der Waals surface area (Å²) in [5.74, 6) is -0.829. The number of hydrogen-bond acceptors (Lipinski definition) is 5. The lowest BCUT2D eigenvalue weighted by atomic mass is 9.87. The van der Waals surface area contributed by atoms with Crippen LogP contribution in [0.1, 0.15) is 71.6 Å². The summed E-state index contributed by atoms with van der Waals surface area (Å²) in [4.78, 5) is 28.2. The standard InChI is InChI=1S/C19H21F2N7O2/c1-10-2-4-11(5-3-10)28-9-14(15(26-28)16(20)21)25-19(30)12-8-23-27-7-6-13(17(22)29)24-18(12)27/h6-11,16H,2-5H2,1H3,(H2,22,29)(H,25,30)/t10-,11-. The fourth-order valence-corrected chi connectivity index (χ4v) is 3.71. The Morgan fingerprint density at radius 3 is 2.67 bits per heavy atom. The van der Waals surface area contributed by atoms with Crippen LogP contribution in [0.5, 0.6) is 0 Å². The van der Waals surface area contributed by atoms with Gasteiger partial charge in [-0.05, 0) is 37.7 Å². The minimum Gasteiger partial charge on any atom is -0.364 e. The Hall–Kier alpha value is -3.37. The number of nitrogens with two attached hydrogens (primary N) is 1. The van der Waals surface area contributed by atoms with Gasteiger partial charge in [-0.25, -0.2) is 18.3 Å². The Kier molecular flexibility index (Phi) is 5.18. The SMILES string of the molecule is C[C@H]1CC[C@H](n2cc(NC(=O)c3cnn4ccc(C(N)=O)nc34)c(C(F)F)n2)CC1. The second kappa shape index (κ2) is 7.81. The zero-order valence-corrected chi connectivity index (χ0v) is 16.3. The highest BCUT2D eigenvalue weighted by molar-refractivity contribution is 6.08. The maximum absolute atomic E-state index is 13.6. The molecule has 0 aliphatic heterocycles. The molecule has 3 N–H and O–H groups in total. The third kappa shape index (κ3) is 3.74. The topological polar surface area (TPSA) is 120 Å². The predicted octanol–water partition coefficient (Wildman–Crippen LogP) is 2.97. The van der Waals surface area contributed by atoms with E-state index in [1.165, 1.54) is 33.9 Å². The normalized spacial score (nSPS) is 19.3. The van der Waals surface area contributed by atoms with Gasteiger partial charge in [0.15, 0.2) is 11.3 Å². The van der Waals surface area contributed by atoms with Gasteiger partial charge in [0.1, 0.15) is 11.3 Å². The van der Waals surface area contributed by atoms with Crippen LogP contribution in [0.15, 0.2) is 24.7 Å². The highest BCUT2D eigenvalue weighted by atomic mass is 19.3. The Bertz CT molecular complexity index is 1100. The Morgan fingerprint density at radius 1 is 1.27 bits per heavy atom. The number of aromatic nitrogens is 5. The van der Waals surface area contributed by atoms with Crippen LogP contribution in [0.2, 0.25) is 0 Å². The van der Waals surface area contributed by atoms with Gasteiger partial charge in [0.25, 0.3) is 18.2 Å². The number of nitrogens with one attached hydrogen (secondary N) is 1. The van der Waals surface area contributed by atoms with Crippen LogP contribution < -0.4 is 11.1 Å². The summed E-state index contributed by atoms with van der Waals surface area (Å²) in [7, 11) is 0. The monoisotopic (exact) mass is 417 g/mol. The smallest absolute Gasteiger partial charge is 0.284 e. The second-order valence-electron chi connectivity index (χ2n) is 7.58. The van der Waals surface area contributed by atoms with E-state index in [2.05, 4.69) is 27.4 Å². The lowest BCUT2D eigenvalue weighted by Gasteiger charge is -2.26. The summed E-state index contributed by atoms with van der Waals surface area (Å²) in [6.07, 6.45) is 5.02. The van der Waals surface area contributed by atoms with Crippen LogP contribution in [0, 0.1) is 5.92 Å². The highest BCUT2D eigenvalue weighted by Gasteiger charge is 2.26. The van der Waals surface area contributed by atoms with Gasteiger partial charge in [-0.15, -0.1) is 0 Å². The average molecular weight is 417 g/mol. The van der Waals surface area contributed by atoms with E-state index < -0.39 is 23.9 Å². The molecule has 11 heteroatoms. The number of hydrogen-bond donors (Lipinski definition) is 2. The minimum atomic E-state index is -2.84. The molecule has 30 heavy (non-hydrogen) atoms. The van der Waals surface area contributed by atoms with Crippen molar-refractivity contribution in [3.05, 3.63) is 41.6 Å². The van der Waals surface area contributed by atoms with Gasteiger partial charge in [-0.2, -0.15) is 10.2 Å². The first kappa shape index (κ1) is 19.9. The molecule has 2 amide bonds. The summed E-state index contributed by atoms with van der Waals surface area (Å²) in [5, 5.41) is 10.5. The summed E-state index contributed by atoms with van der Waals surface area (Å²) in [6, 6.07) is 1.40. The number of halogens is 2. The van der Waals surface area contributed by atoms with Crippen molar-refractivity contribution in [3.63, 3.8) is 0 Å². The number of amides is 2. The van der Waals surface area contributed by atoms with Crippen molar-refractivity contribution in [1.82, 2.24) is 24.4 Å². The van der Waals surface area contributed by atoms with E-state index in [9.17, 15) is 18.4 Å². The lowest BCUT2D eigenvalue weighted by Crippen LogP contribution is -2.17. The van der Waals surface area contributed by atoms with Gasteiger partial charge in [0.05, 0.1) is 17.9 Å². The van der Waals surface area contributed by atoms with Gasteiger partial charge >= 0.3 is 0 Å². The highest BCUT2D eigenvalue weighted by Crippen LogP contribution is 2.34. The molecule has 1 fully saturated rings. The van der Waals surface area contributed by atoms with Crippen LogP contribution in [-0.2, 0) is 0 Å². The summed E-state index contributed by atoms with van der Waals surface area (Å²) in [5.41, 5.74) is 4.78. The summed E-state index contributed by atoms with van der Waals surface area (Å²) >= 11 is 0. The third-order valence-corrected chi connectivity index (χ3v) is 5.44. The molecule has 0 saturated heterocycles. The molecule has 0 radical (unpaired) electrons. The first-order valence-corrected chi connectivity index (χ1v) is 9.66. The maximum Gasteiger partial charge on any atom is 0.284 e. The molecule has 3 aromatic rings. The van der Waals surface area contributed by atoms with E-state index in [1.807, 2.05) is 0 Å². The van der Waals surface area contributed by atoms with Gasteiger partial charge in [0, 0.05) is 12.4 Å². The van der Waals surface area contributed by atoms with Crippen LogP contribution >= 0.6 is 0 Å². The molecule has 3 heterocycles. The van der Waals surface area contributed by atoms with Crippen molar-refractivity contribution in [3.8, 4) is 0 Å². The maximum atomic E-state index is 13.6. The quantitative estimate of drug-likeness (QED) is 0.661. The minimum absolute atomic E-state index is 0.0255. The van der Waals surface area contributed by atoms with Crippen molar-refractivity contribution in [2.75, 3.05) is 5.32 Å². The van der Waals surface area contributed by atoms with Crippen molar-refractivity contribution in [2.45, 2.75) is 45.1 Å². The number of rotatable bonds is 5. The van der Waals surface area contributed by atoms with Crippen molar-refractivity contribution >= 4 is 23.1 Å². The second-order valence-corrected chi connectivity index (χ2v) is 7.58. The average Bonchev–Trinajstić information content (AvgIpc) is 3.32. The number of carbonyl (C=O) groups excluding carboxylic acids is 2. The molecular formula is C19H21F2N7O2. The molecule has 0 atom stereocenters. The van der Waals surface area contributed by atoms with E-state index in [0.717, 1.165) is 25.7 Å². The number of primary amides is 1. The van der Waals surface area contributed by atoms with Crippen molar-refractivity contribution < 1.29 is 18.4 Å². The lowest BCUT2D eigenvalue weighted by molar-refractivity contribution is 0.0992. The zero-order valence-electron chi connectivity index (χ0n) is 16.3. The Morgan fingerprint density at radius 2 is 2.00 bits per heavy atom. The Labute approximate surface area is 170 Å². The van der Waals surface area contributed by atoms with Crippen LogP contribution in [0.3, 0.4) is 0 Å². The largest absolute Gasteiger partial charge is 0.364 e. The fraction of sp³-hybridized carbons (Fsp3) is 0.421. The molecule has 0 unspecified atom stereocenters. The number of nitrogens with zero attached hydrogens (tertiary/aromatic N) is 5. The zero-order chi connectivity index (χ0) is 21.4.